The summed E-state index contributed by atoms with van der Waals surface area (Å²) < 4.78 is 0. The van der Waals surface area contributed by atoms with Gasteiger partial charge in [0.2, 0.25) is 5.91 Å². The van der Waals surface area contributed by atoms with E-state index in [0.717, 1.165) is 76.7 Å². The van der Waals surface area contributed by atoms with Gasteiger partial charge in [0.25, 0.3) is 0 Å². The number of aryl methyl sites for hydroxylation is 1. The van der Waals surface area contributed by atoms with Crippen LogP contribution in [-0.2, 0) is 11.2 Å². The summed E-state index contributed by atoms with van der Waals surface area (Å²) in [5.41, 5.74) is 1.10. The molecule has 0 aliphatic carbocycles. The first-order valence-corrected chi connectivity index (χ1v) is 10.7. The molecule has 1 fully saturated rings. The van der Waals surface area contributed by atoms with Crippen molar-refractivity contribution < 1.29 is 4.79 Å². The number of hydrogen-bond donors (Lipinski definition) is 2. The zero-order chi connectivity index (χ0) is 20.4. The Morgan fingerprint density at radius 1 is 1.18 bits per heavy atom. The summed E-state index contributed by atoms with van der Waals surface area (Å²) in [5, 5.41) is 8.05. The van der Waals surface area contributed by atoms with Crippen molar-refractivity contribution in [3.05, 3.63) is 33.8 Å². The van der Waals surface area contributed by atoms with Gasteiger partial charge in [-0.05, 0) is 37.5 Å². The number of carbonyl (C=O) groups excluding carboxylic acids is 1. The van der Waals surface area contributed by atoms with E-state index >= 15 is 0 Å². The number of rotatable bonds is 8. The molecular weight excluding hydrogens is 397 g/mol. The Morgan fingerprint density at radius 2 is 1.93 bits per heavy atom. The molecule has 1 heterocycles. The molecule has 28 heavy (non-hydrogen) atoms. The van der Waals surface area contributed by atoms with Crippen LogP contribution in [0, 0.1) is 0 Å². The van der Waals surface area contributed by atoms with E-state index in [-0.39, 0.29) is 5.91 Å². The fourth-order valence-corrected chi connectivity index (χ4v) is 3.65. The van der Waals surface area contributed by atoms with E-state index in [0.29, 0.717) is 10.0 Å². The summed E-state index contributed by atoms with van der Waals surface area (Å²) >= 11 is 12.2. The van der Waals surface area contributed by atoms with Gasteiger partial charge < -0.3 is 15.5 Å². The Hall–Kier alpha value is -1.50. The lowest BCUT2D eigenvalue weighted by molar-refractivity contribution is -0.130. The van der Waals surface area contributed by atoms with Crippen molar-refractivity contribution in [3.63, 3.8) is 0 Å². The zero-order valence-electron chi connectivity index (χ0n) is 16.8. The van der Waals surface area contributed by atoms with Crippen molar-refractivity contribution in [1.82, 2.24) is 20.4 Å². The maximum Gasteiger partial charge on any atom is 0.219 e. The predicted octanol–water partition coefficient (Wildman–Crippen LogP) is 2.65. The average Bonchev–Trinajstić information content (AvgIpc) is 2.67. The molecule has 1 amide bonds. The lowest BCUT2D eigenvalue weighted by atomic mass is 10.1. The van der Waals surface area contributed by atoms with Crippen LogP contribution in [0.15, 0.2) is 23.2 Å². The molecule has 0 aromatic heterocycles. The van der Waals surface area contributed by atoms with Gasteiger partial charge in [-0.3, -0.25) is 14.7 Å². The second-order valence-electron chi connectivity index (χ2n) is 6.87. The summed E-state index contributed by atoms with van der Waals surface area (Å²) in [6.07, 6.45) is 1.80. The van der Waals surface area contributed by atoms with Crippen LogP contribution < -0.4 is 10.6 Å². The minimum Gasteiger partial charge on any atom is -0.357 e. The third kappa shape index (κ3) is 7.86. The van der Waals surface area contributed by atoms with Crippen LogP contribution in [-0.4, -0.2) is 74.0 Å². The Labute approximate surface area is 178 Å². The Kier molecular flexibility index (Phi) is 9.88. The van der Waals surface area contributed by atoms with Gasteiger partial charge in [-0.2, -0.15) is 0 Å². The largest absolute Gasteiger partial charge is 0.357 e. The van der Waals surface area contributed by atoms with Crippen molar-refractivity contribution >= 4 is 35.1 Å². The summed E-state index contributed by atoms with van der Waals surface area (Å²) in [6.45, 7) is 10.5. The second kappa shape index (κ2) is 12.1. The number of aliphatic imine (C=N–C) groups is 1. The van der Waals surface area contributed by atoms with Crippen LogP contribution in [0.2, 0.25) is 10.0 Å². The number of nitrogens with zero attached hydrogens (tertiary/aromatic N) is 3. The number of halogens is 2. The van der Waals surface area contributed by atoms with Gasteiger partial charge in [-0.15, -0.1) is 0 Å². The minimum atomic E-state index is 0.166. The molecule has 1 saturated heterocycles. The second-order valence-corrected chi connectivity index (χ2v) is 7.72. The van der Waals surface area contributed by atoms with Gasteiger partial charge in [0, 0.05) is 69.3 Å². The summed E-state index contributed by atoms with van der Waals surface area (Å²) in [5.74, 6) is 1.01. The van der Waals surface area contributed by atoms with E-state index in [1.54, 1.807) is 13.0 Å². The van der Waals surface area contributed by atoms with Crippen molar-refractivity contribution in [2.24, 2.45) is 4.99 Å². The molecule has 0 radical (unpaired) electrons. The van der Waals surface area contributed by atoms with Gasteiger partial charge in [0.15, 0.2) is 5.96 Å². The lowest BCUT2D eigenvalue weighted by Crippen LogP contribution is -2.50. The summed E-state index contributed by atoms with van der Waals surface area (Å²) in [4.78, 5) is 20.3. The molecule has 1 aliphatic rings. The molecule has 2 N–H and O–H groups in total. The third-order valence-electron chi connectivity index (χ3n) is 4.77. The van der Waals surface area contributed by atoms with Gasteiger partial charge >= 0.3 is 0 Å². The summed E-state index contributed by atoms with van der Waals surface area (Å²) in [6, 6.07) is 5.63. The highest BCUT2D eigenvalue weighted by molar-refractivity contribution is 6.35. The number of amides is 1. The van der Waals surface area contributed by atoms with Crippen molar-refractivity contribution in [3.8, 4) is 0 Å². The smallest absolute Gasteiger partial charge is 0.219 e. The molecule has 0 atom stereocenters. The first-order valence-electron chi connectivity index (χ1n) is 9.93. The predicted molar refractivity (Wildman–Crippen MR) is 117 cm³/mol. The molecular formula is C20H31Cl2N5O. The van der Waals surface area contributed by atoms with Gasteiger partial charge in [-0.25, -0.2) is 0 Å². The Bertz CT molecular complexity index is 660. The number of hydrogen-bond acceptors (Lipinski definition) is 3. The maximum absolute atomic E-state index is 11.4. The monoisotopic (exact) mass is 427 g/mol. The Balaban J connectivity index is 1.69. The molecule has 156 valence electrons. The molecule has 8 heteroatoms. The van der Waals surface area contributed by atoms with Gasteiger partial charge in [-0.1, -0.05) is 29.3 Å². The topological polar surface area (TPSA) is 60.0 Å². The van der Waals surface area contributed by atoms with E-state index in [1.807, 2.05) is 17.0 Å². The van der Waals surface area contributed by atoms with E-state index in [9.17, 15) is 4.79 Å². The lowest BCUT2D eigenvalue weighted by Gasteiger charge is -2.34. The highest BCUT2D eigenvalue weighted by atomic mass is 35.5. The molecule has 0 unspecified atom stereocenters. The van der Waals surface area contributed by atoms with Gasteiger partial charge in [0.05, 0.1) is 0 Å². The molecule has 0 saturated carbocycles. The first kappa shape index (κ1) is 22.8. The number of benzene rings is 1. The molecule has 1 aromatic rings. The molecule has 6 nitrogen and oxygen atoms in total. The van der Waals surface area contributed by atoms with E-state index in [4.69, 9.17) is 23.2 Å². The minimum absolute atomic E-state index is 0.166. The molecule has 1 aliphatic heterocycles. The highest BCUT2D eigenvalue weighted by Crippen LogP contribution is 2.21. The number of guanidine groups is 1. The molecule has 0 bridgehead atoms. The zero-order valence-corrected chi connectivity index (χ0v) is 18.3. The highest BCUT2D eigenvalue weighted by Gasteiger charge is 2.17. The van der Waals surface area contributed by atoms with Gasteiger partial charge in [0.1, 0.15) is 0 Å². The third-order valence-corrected chi connectivity index (χ3v) is 5.36. The Morgan fingerprint density at radius 3 is 2.57 bits per heavy atom. The fraction of sp³-hybridized carbons (Fsp3) is 0.600. The maximum atomic E-state index is 11.4. The number of nitrogens with one attached hydrogen (secondary N) is 2. The molecule has 2 rings (SSSR count). The van der Waals surface area contributed by atoms with Crippen molar-refractivity contribution in [2.45, 2.75) is 26.7 Å². The van der Waals surface area contributed by atoms with Crippen LogP contribution in [0.1, 0.15) is 25.8 Å². The summed E-state index contributed by atoms with van der Waals surface area (Å²) in [7, 11) is 0. The molecule has 1 aromatic carbocycles. The number of piperazine rings is 1. The fourth-order valence-electron chi connectivity index (χ4n) is 3.15. The van der Waals surface area contributed by atoms with Crippen LogP contribution in [0.5, 0.6) is 0 Å². The van der Waals surface area contributed by atoms with Crippen molar-refractivity contribution in [1.29, 1.82) is 0 Å². The average molecular weight is 428 g/mol. The van der Waals surface area contributed by atoms with E-state index in [1.165, 1.54) is 0 Å². The van der Waals surface area contributed by atoms with Crippen LogP contribution >= 0.6 is 23.2 Å². The van der Waals surface area contributed by atoms with Crippen LogP contribution in [0.25, 0.3) is 0 Å². The van der Waals surface area contributed by atoms with E-state index < -0.39 is 0 Å². The SMILES string of the molecule is CCNC(=NCCCc1ccc(Cl)cc1Cl)NCCN1CCN(C(C)=O)CC1. The normalized spacial score (nSPS) is 15.6. The standard InChI is InChI=1S/C20H31Cl2N5O/c1-3-23-20(24-8-4-5-17-6-7-18(21)15-19(17)22)25-9-10-26-11-13-27(14-12-26)16(2)28/h6-7,15H,3-5,8-14H2,1-2H3,(H2,23,24,25). The van der Waals surface area contributed by atoms with Crippen molar-refractivity contribution in [2.75, 3.05) is 52.4 Å². The molecule has 0 spiro atoms. The quantitative estimate of drug-likeness (QED) is 0.380. The van der Waals surface area contributed by atoms with E-state index in [2.05, 4.69) is 27.4 Å². The van der Waals surface area contributed by atoms with Crippen LogP contribution in [0.3, 0.4) is 0 Å². The first-order chi connectivity index (χ1) is 13.5. The number of carbonyl (C=O) groups is 1. The van der Waals surface area contributed by atoms with Crippen LogP contribution in [0.4, 0.5) is 0 Å².